The van der Waals surface area contributed by atoms with Gasteiger partial charge >= 0.3 is 0 Å². The summed E-state index contributed by atoms with van der Waals surface area (Å²) < 4.78 is 5.41. The Labute approximate surface area is 162 Å². The van der Waals surface area contributed by atoms with Crippen molar-refractivity contribution in [1.29, 1.82) is 5.26 Å². The van der Waals surface area contributed by atoms with Crippen LogP contribution in [-0.4, -0.2) is 12.5 Å². The van der Waals surface area contributed by atoms with Gasteiger partial charge in [-0.05, 0) is 66.7 Å². The molecule has 3 rings (SSSR count). The molecule has 0 aliphatic heterocycles. The Morgan fingerprint density at radius 1 is 0.963 bits per heavy atom. The van der Waals surface area contributed by atoms with E-state index in [0.29, 0.717) is 22.0 Å². The van der Waals surface area contributed by atoms with Crippen LogP contribution in [0.5, 0.6) is 5.75 Å². The van der Waals surface area contributed by atoms with Gasteiger partial charge in [-0.2, -0.15) is 5.26 Å². The van der Waals surface area contributed by atoms with E-state index >= 15 is 0 Å². The highest BCUT2D eigenvalue weighted by Crippen LogP contribution is 2.20. The minimum Gasteiger partial charge on any atom is -0.484 e. The number of amides is 1. The molecule has 2 N–H and O–H groups in total. The smallest absolute Gasteiger partial charge is 0.262 e. The zero-order valence-electron chi connectivity index (χ0n) is 14.3. The van der Waals surface area contributed by atoms with Crippen LogP contribution in [-0.2, 0) is 4.79 Å². The van der Waals surface area contributed by atoms with E-state index in [1.54, 1.807) is 48.5 Å². The predicted molar refractivity (Wildman–Crippen MR) is 106 cm³/mol. The third-order valence-electron chi connectivity index (χ3n) is 3.63. The average molecular weight is 378 g/mol. The van der Waals surface area contributed by atoms with Crippen molar-refractivity contribution in [3.63, 3.8) is 0 Å². The van der Waals surface area contributed by atoms with Crippen molar-refractivity contribution in [2.24, 2.45) is 0 Å². The van der Waals surface area contributed by atoms with Gasteiger partial charge in [0.15, 0.2) is 6.61 Å². The third kappa shape index (κ3) is 5.50. The van der Waals surface area contributed by atoms with Gasteiger partial charge in [-0.1, -0.05) is 17.7 Å². The number of hydrogen-bond donors (Lipinski definition) is 2. The number of hydrogen-bond acceptors (Lipinski definition) is 4. The van der Waals surface area contributed by atoms with Crippen molar-refractivity contribution >= 4 is 34.6 Å². The summed E-state index contributed by atoms with van der Waals surface area (Å²) in [5, 5.41) is 15.5. The maximum absolute atomic E-state index is 12.0. The van der Waals surface area contributed by atoms with Crippen LogP contribution in [0.15, 0.2) is 72.8 Å². The highest BCUT2D eigenvalue weighted by Gasteiger charge is 2.04. The van der Waals surface area contributed by atoms with Gasteiger partial charge in [0.05, 0.1) is 11.6 Å². The summed E-state index contributed by atoms with van der Waals surface area (Å²) in [5.41, 5.74) is 2.92. The van der Waals surface area contributed by atoms with Crippen molar-refractivity contribution in [2.75, 3.05) is 17.2 Å². The number of carbonyl (C=O) groups is 1. The van der Waals surface area contributed by atoms with Gasteiger partial charge in [-0.3, -0.25) is 4.79 Å². The summed E-state index contributed by atoms with van der Waals surface area (Å²) in [6.07, 6.45) is 0. The Balaban J connectivity index is 1.53. The Hall–Kier alpha value is -3.49. The topological polar surface area (TPSA) is 74.2 Å². The largest absolute Gasteiger partial charge is 0.484 e. The van der Waals surface area contributed by atoms with Crippen LogP contribution in [0, 0.1) is 11.3 Å². The molecular formula is C21H16ClN3O2. The van der Waals surface area contributed by atoms with Gasteiger partial charge in [-0.15, -0.1) is 0 Å². The fourth-order valence-corrected chi connectivity index (χ4v) is 2.47. The monoisotopic (exact) mass is 377 g/mol. The average Bonchev–Trinajstić information content (AvgIpc) is 2.69. The van der Waals surface area contributed by atoms with E-state index in [1.807, 2.05) is 24.3 Å². The maximum atomic E-state index is 12.0. The molecule has 5 nitrogen and oxygen atoms in total. The van der Waals surface area contributed by atoms with Gasteiger partial charge in [0.1, 0.15) is 5.75 Å². The van der Waals surface area contributed by atoms with Crippen molar-refractivity contribution < 1.29 is 9.53 Å². The normalized spacial score (nSPS) is 9.93. The maximum Gasteiger partial charge on any atom is 0.262 e. The van der Waals surface area contributed by atoms with E-state index in [0.717, 1.165) is 11.4 Å². The number of nitrogens with zero attached hydrogens (tertiary/aromatic N) is 1. The van der Waals surface area contributed by atoms with E-state index in [4.69, 9.17) is 21.6 Å². The lowest BCUT2D eigenvalue weighted by molar-refractivity contribution is -0.118. The summed E-state index contributed by atoms with van der Waals surface area (Å²) >= 11 is 5.81. The number of anilines is 3. The number of halogens is 1. The summed E-state index contributed by atoms with van der Waals surface area (Å²) in [7, 11) is 0. The van der Waals surface area contributed by atoms with Gasteiger partial charge in [0.2, 0.25) is 0 Å². The lowest BCUT2D eigenvalue weighted by atomic mass is 10.2. The predicted octanol–water partition coefficient (Wildman–Crippen LogP) is 4.97. The van der Waals surface area contributed by atoms with Crippen LogP contribution in [0.25, 0.3) is 0 Å². The molecule has 0 heterocycles. The van der Waals surface area contributed by atoms with Crippen molar-refractivity contribution in [3.8, 4) is 11.8 Å². The Morgan fingerprint density at radius 3 is 2.37 bits per heavy atom. The minimum atomic E-state index is -0.257. The summed E-state index contributed by atoms with van der Waals surface area (Å²) in [6, 6.07) is 23.4. The van der Waals surface area contributed by atoms with E-state index in [-0.39, 0.29) is 12.5 Å². The second kappa shape index (κ2) is 8.75. The van der Waals surface area contributed by atoms with E-state index in [1.165, 1.54) is 0 Å². The molecule has 0 aliphatic carbocycles. The fourth-order valence-electron chi connectivity index (χ4n) is 2.35. The fraction of sp³-hybridized carbons (Fsp3) is 0.0476. The number of rotatable bonds is 6. The molecule has 0 atom stereocenters. The molecule has 0 saturated carbocycles. The van der Waals surface area contributed by atoms with Gasteiger partial charge in [-0.25, -0.2) is 0 Å². The molecule has 0 aliphatic rings. The molecule has 0 aromatic heterocycles. The zero-order valence-corrected chi connectivity index (χ0v) is 15.0. The quantitative estimate of drug-likeness (QED) is 0.635. The zero-order chi connectivity index (χ0) is 19.1. The molecule has 0 spiro atoms. The van der Waals surface area contributed by atoms with Crippen LogP contribution in [0.3, 0.4) is 0 Å². The number of nitrogens with one attached hydrogen (secondary N) is 2. The van der Waals surface area contributed by atoms with Gasteiger partial charge < -0.3 is 15.4 Å². The molecule has 0 bridgehead atoms. The van der Waals surface area contributed by atoms with Crippen molar-refractivity contribution in [3.05, 3.63) is 83.4 Å². The number of nitriles is 1. The Kier molecular flexibility index (Phi) is 5.93. The first-order valence-corrected chi connectivity index (χ1v) is 8.56. The molecular weight excluding hydrogens is 362 g/mol. The molecule has 27 heavy (non-hydrogen) atoms. The van der Waals surface area contributed by atoms with Gasteiger partial charge in [0, 0.05) is 22.1 Å². The first-order chi connectivity index (χ1) is 13.1. The van der Waals surface area contributed by atoms with E-state index in [9.17, 15) is 4.79 Å². The Bertz CT molecular complexity index is 964. The van der Waals surface area contributed by atoms with E-state index in [2.05, 4.69) is 16.7 Å². The highest BCUT2D eigenvalue weighted by molar-refractivity contribution is 6.30. The molecule has 0 saturated heterocycles. The molecule has 6 heteroatoms. The molecule has 0 fully saturated rings. The van der Waals surface area contributed by atoms with Gasteiger partial charge in [0.25, 0.3) is 5.91 Å². The third-order valence-corrected chi connectivity index (χ3v) is 3.88. The van der Waals surface area contributed by atoms with Crippen LogP contribution < -0.4 is 15.4 Å². The molecule has 0 unspecified atom stereocenters. The number of benzene rings is 3. The second-order valence-electron chi connectivity index (χ2n) is 5.69. The number of carbonyl (C=O) groups excluding carboxylic acids is 1. The van der Waals surface area contributed by atoms with E-state index < -0.39 is 0 Å². The summed E-state index contributed by atoms with van der Waals surface area (Å²) in [6.45, 7) is -0.0947. The van der Waals surface area contributed by atoms with Crippen LogP contribution >= 0.6 is 11.6 Å². The number of ether oxygens (including phenoxy) is 1. The molecule has 3 aromatic carbocycles. The van der Waals surface area contributed by atoms with Crippen LogP contribution in [0.4, 0.5) is 17.1 Å². The first kappa shape index (κ1) is 18.3. The standard InChI is InChI=1S/C21H16ClN3O2/c22-16-4-10-20(11-5-16)27-14-21(26)25-18-8-6-17(7-9-18)24-19-3-1-2-15(12-19)13-23/h1-12,24H,14H2,(H,25,26). The minimum absolute atomic E-state index is 0.0947. The lowest BCUT2D eigenvalue weighted by Gasteiger charge is -2.10. The van der Waals surface area contributed by atoms with Crippen LogP contribution in [0.2, 0.25) is 5.02 Å². The van der Waals surface area contributed by atoms with Crippen molar-refractivity contribution in [2.45, 2.75) is 0 Å². The molecule has 134 valence electrons. The van der Waals surface area contributed by atoms with Crippen LogP contribution in [0.1, 0.15) is 5.56 Å². The molecule has 3 aromatic rings. The highest BCUT2D eigenvalue weighted by atomic mass is 35.5. The second-order valence-corrected chi connectivity index (χ2v) is 6.12. The lowest BCUT2D eigenvalue weighted by Crippen LogP contribution is -2.20. The first-order valence-electron chi connectivity index (χ1n) is 8.18. The van der Waals surface area contributed by atoms with Crippen molar-refractivity contribution in [1.82, 2.24) is 0 Å². The Morgan fingerprint density at radius 2 is 1.67 bits per heavy atom. The summed E-state index contributed by atoms with van der Waals surface area (Å²) in [4.78, 5) is 12.0. The molecule has 1 amide bonds. The molecule has 0 radical (unpaired) electrons. The summed E-state index contributed by atoms with van der Waals surface area (Å²) in [5.74, 6) is 0.320. The SMILES string of the molecule is N#Cc1cccc(Nc2ccc(NC(=O)COc3ccc(Cl)cc3)cc2)c1.